The number of benzene rings is 2. The van der Waals surface area contributed by atoms with Crippen molar-refractivity contribution in [2.45, 2.75) is 58.0 Å². The van der Waals surface area contributed by atoms with Crippen LogP contribution >= 0.6 is 0 Å². The zero-order valence-corrected chi connectivity index (χ0v) is 18.8. The lowest BCUT2D eigenvalue weighted by Crippen LogP contribution is -2.36. The molecule has 32 heavy (non-hydrogen) atoms. The van der Waals surface area contributed by atoms with Crippen molar-refractivity contribution in [2.75, 3.05) is 23.3 Å². The van der Waals surface area contributed by atoms with Crippen LogP contribution in [0, 0.1) is 11.3 Å². The summed E-state index contributed by atoms with van der Waals surface area (Å²) >= 11 is 0. The maximum Gasteiger partial charge on any atom is 0.227 e. The van der Waals surface area contributed by atoms with Crippen LogP contribution in [0.3, 0.4) is 0 Å². The predicted octanol–water partition coefficient (Wildman–Crippen LogP) is 4.73. The van der Waals surface area contributed by atoms with Crippen LogP contribution in [0.25, 0.3) is 0 Å². The van der Waals surface area contributed by atoms with Crippen LogP contribution in [-0.2, 0) is 16.1 Å². The van der Waals surface area contributed by atoms with Gasteiger partial charge in [-0.25, -0.2) is 0 Å². The van der Waals surface area contributed by atoms with Gasteiger partial charge in [0.25, 0.3) is 0 Å². The first kappa shape index (κ1) is 23.5. The normalized spacial score (nSPS) is 16.2. The number of hydrogen-bond donors (Lipinski definition) is 1. The Labute approximate surface area is 190 Å². The van der Waals surface area contributed by atoms with Crippen molar-refractivity contribution < 1.29 is 9.59 Å². The highest BCUT2D eigenvalue weighted by molar-refractivity contribution is 5.98. The Morgan fingerprint density at radius 1 is 1.09 bits per heavy atom. The second kappa shape index (κ2) is 12.0. The van der Waals surface area contributed by atoms with E-state index in [1.807, 2.05) is 42.5 Å². The number of carbonyl (C=O) groups is 2. The number of amides is 2. The van der Waals surface area contributed by atoms with Crippen molar-refractivity contribution in [1.29, 1.82) is 5.26 Å². The molecule has 0 aliphatic carbocycles. The van der Waals surface area contributed by atoms with E-state index in [9.17, 15) is 9.59 Å². The van der Waals surface area contributed by atoms with E-state index in [0.29, 0.717) is 12.6 Å². The molecule has 0 spiro atoms. The van der Waals surface area contributed by atoms with Crippen molar-refractivity contribution in [3.05, 3.63) is 60.2 Å². The molecule has 1 saturated heterocycles. The highest BCUT2D eigenvalue weighted by Gasteiger charge is 2.19. The molecule has 1 heterocycles. The fourth-order valence-corrected chi connectivity index (χ4v) is 4.07. The van der Waals surface area contributed by atoms with Crippen LogP contribution in [0.5, 0.6) is 0 Å². The third-order valence-corrected chi connectivity index (χ3v) is 5.95. The monoisotopic (exact) mass is 432 g/mol. The number of para-hydroxylation sites is 1. The van der Waals surface area contributed by atoms with Gasteiger partial charge < -0.3 is 10.2 Å². The Balaban J connectivity index is 1.49. The van der Waals surface area contributed by atoms with E-state index in [4.69, 9.17) is 5.26 Å². The van der Waals surface area contributed by atoms with Crippen molar-refractivity contribution in [2.24, 2.45) is 0 Å². The van der Waals surface area contributed by atoms with Gasteiger partial charge >= 0.3 is 0 Å². The summed E-state index contributed by atoms with van der Waals surface area (Å²) in [4.78, 5) is 29.2. The summed E-state index contributed by atoms with van der Waals surface area (Å²) in [6.07, 6.45) is 4.27. The van der Waals surface area contributed by atoms with Crippen molar-refractivity contribution >= 4 is 23.2 Å². The van der Waals surface area contributed by atoms with Gasteiger partial charge in [-0.05, 0) is 56.1 Å². The van der Waals surface area contributed by atoms with E-state index in [0.717, 1.165) is 24.5 Å². The molecule has 6 nitrogen and oxygen atoms in total. The van der Waals surface area contributed by atoms with Gasteiger partial charge in [0, 0.05) is 43.3 Å². The molecule has 2 aromatic rings. The molecule has 1 atom stereocenters. The first-order chi connectivity index (χ1) is 15.6. The van der Waals surface area contributed by atoms with E-state index in [1.54, 1.807) is 4.90 Å². The van der Waals surface area contributed by atoms with Gasteiger partial charge in [0.15, 0.2) is 0 Å². The zero-order chi connectivity index (χ0) is 22.8. The molecule has 6 heteroatoms. The van der Waals surface area contributed by atoms with Gasteiger partial charge in [0.1, 0.15) is 0 Å². The van der Waals surface area contributed by atoms with Crippen LogP contribution in [0.15, 0.2) is 54.6 Å². The Bertz CT molecular complexity index is 921. The van der Waals surface area contributed by atoms with Crippen LogP contribution in [0.4, 0.5) is 11.4 Å². The molecule has 0 saturated carbocycles. The Morgan fingerprint density at radius 3 is 2.53 bits per heavy atom. The van der Waals surface area contributed by atoms with E-state index in [1.165, 1.54) is 24.8 Å². The molecule has 168 valence electrons. The molecule has 1 fully saturated rings. The summed E-state index contributed by atoms with van der Waals surface area (Å²) in [6, 6.07) is 19.9. The molecular weight excluding hydrogens is 400 g/mol. The maximum absolute atomic E-state index is 12.7. The first-order valence-electron chi connectivity index (χ1n) is 11.4. The lowest BCUT2D eigenvalue weighted by atomic mass is 10.0. The summed E-state index contributed by atoms with van der Waals surface area (Å²) in [6.45, 7) is 4.68. The lowest BCUT2D eigenvalue weighted by molar-refractivity contribution is -0.122. The molecule has 3 rings (SSSR count). The summed E-state index contributed by atoms with van der Waals surface area (Å²) in [5.74, 6) is -0.350. The van der Waals surface area contributed by atoms with Gasteiger partial charge in [-0.2, -0.15) is 5.26 Å². The quantitative estimate of drug-likeness (QED) is 0.622. The van der Waals surface area contributed by atoms with E-state index in [2.05, 4.69) is 35.3 Å². The van der Waals surface area contributed by atoms with Crippen LogP contribution in [0.1, 0.15) is 51.0 Å². The standard InChI is InChI=1S/C26H32N4O2/c1-21-8-5-6-18-29(21)20-22-11-13-23(14-12-22)28-25(31)15-16-26(32)30(19-7-17-27)24-9-3-2-4-10-24/h2-4,9-14,21H,5-8,15-16,18-20H2,1H3,(H,28,31). The van der Waals surface area contributed by atoms with Crippen LogP contribution < -0.4 is 10.2 Å². The van der Waals surface area contributed by atoms with E-state index < -0.39 is 0 Å². The van der Waals surface area contributed by atoms with Gasteiger partial charge in [-0.3, -0.25) is 14.5 Å². The number of nitriles is 1. The number of piperidine rings is 1. The van der Waals surface area contributed by atoms with Crippen molar-refractivity contribution in [3.8, 4) is 6.07 Å². The Kier molecular flexibility index (Phi) is 8.82. The minimum Gasteiger partial charge on any atom is -0.326 e. The topological polar surface area (TPSA) is 76.4 Å². The molecule has 2 aromatic carbocycles. The lowest BCUT2D eigenvalue weighted by Gasteiger charge is -2.33. The van der Waals surface area contributed by atoms with E-state index >= 15 is 0 Å². The first-order valence-corrected chi connectivity index (χ1v) is 11.4. The third-order valence-electron chi connectivity index (χ3n) is 5.95. The van der Waals surface area contributed by atoms with Crippen molar-refractivity contribution in [1.82, 2.24) is 4.90 Å². The van der Waals surface area contributed by atoms with Crippen molar-refractivity contribution in [3.63, 3.8) is 0 Å². The fourth-order valence-electron chi connectivity index (χ4n) is 4.07. The molecule has 1 N–H and O–H groups in total. The second-order valence-corrected chi connectivity index (χ2v) is 8.35. The summed E-state index contributed by atoms with van der Waals surface area (Å²) in [5, 5.41) is 11.8. The molecule has 1 aliphatic heterocycles. The third kappa shape index (κ3) is 6.93. The second-order valence-electron chi connectivity index (χ2n) is 8.35. The number of nitrogens with one attached hydrogen (secondary N) is 1. The Hall–Kier alpha value is -3.17. The summed E-state index contributed by atoms with van der Waals surface area (Å²) in [7, 11) is 0. The zero-order valence-electron chi connectivity index (χ0n) is 18.8. The highest BCUT2D eigenvalue weighted by Crippen LogP contribution is 2.20. The smallest absolute Gasteiger partial charge is 0.227 e. The highest BCUT2D eigenvalue weighted by atomic mass is 16.2. The number of carbonyl (C=O) groups excluding carboxylic acids is 2. The minimum absolute atomic E-state index is 0.0943. The molecule has 1 unspecified atom stereocenters. The van der Waals surface area contributed by atoms with Gasteiger partial charge in [-0.15, -0.1) is 0 Å². The average molecular weight is 433 g/mol. The number of nitrogens with zero attached hydrogens (tertiary/aromatic N) is 3. The fraction of sp³-hybridized carbons (Fsp3) is 0.423. The van der Waals surface area contributed by atoms with Gasteiger partial charge in [-0.1, -0.05) is 36.8 Å². The number of likely N-dealkylation sites (tertiary alicyclic amines) is 1. The molecule has 0 aromatic heterocycles. The summed E-state index contributed by atoms with van der Waals surface area (Å²) < 4.78 is 0. The number of hydrogen-bond acceptors (Lipinski definition) is 4. The van der Waals surface area contributed by atoms with Gasteiger partial charge in [0.2, 0.25) is 11.8 Å². The molecule has 2 amide bonds. The van der Waals surface area contributed by atoms with Gasteiger partial charge in [0.05, 0.1) is 12.5 Å². The maximum atomic E-state index is 12.7. The largest absolute Gasteiger partial charge is 0.326 e. The van der Waals surface area contributed by atoms with Crippen LogP contribution in [0.2, 0.25) is 0 Å². The SMILES string of the molecule is CC1CCCCN1Cc1ccc(NC(=O)CCC(=O)N(CCC#N)c2ccccc2)cc1. The number of rotatable bonds is 9. The molecule has 0 bridgehead atoms. The Morgan fingerprint density at radius 2 is 1.84 bits per heavy atom. The summed E-state index contributed by atoms with van der Waals surface area (Å²) in [5.41, 5.74) is 2.72. The van der Waals surface area contributed by atoms with Crippen LogP contribution in [-0.4, -0.2) is 35.8 Å². The number of anilines is 2. The molecule has 1 aliphatic rings. The minimum atomic E-state index is -0.191. The molecular formula is C26H32N4O2. The predicted molar refractivity (Wildman–Crippen MR) is 127 cm³/mol. The molecule has 0 radical (unpaired) electrons. The van der Waals surface area contributed by atoms with E-state index in [-0.39, 0.29) is 31.1 Å². The average Bonchev–Trinajstić information content (AvgIpc) is 2.81.